The van der Waals surface area contributed by atoms with Gasteiger partial charge in [0.2, 0.25) is 0 Å². The lowest BCUT2D eigenvalue weighted by Gasteiger charge is -2.13. The molecule has 0 heterocycles. The van der Waals surface area contributed by atoms with E-state index in [-0.39, 0.29) is 22.6 Å². The van der Waals surface area contributed by atoms with Gasteiger partial charge in [0.25, 0.3) is 0 Å². The van der Waals surface area contributed by atoms with E-state index < -0.39 is 28.5 Å². The van der Waals surface area contributed by atoms with Crippen LogP contribution in [0.4, 0.5) is 17.6 Å². The molecule has 29 heavy (non-hydrogen) atoms. The van der Waals surface area contributed by atoms with Crippen LogP contribution in [0.15, 0.2) is 71.6 Å². The van der Waals surface area contributed by atoms with Crippen LogP contribution in [0.3, 0.4) is 0 Å². The fourth-order valence-corrected chi connectivity index (χ4v) is 3.98. The number of aryl methyl sites for hydroxylation is 1. The minimum absolute atomic E-state index is 0.0235. The maximum absolute atomic E-state index is 14.5. The van der Waals surface area contributed by atoms with Gasteiger partial charge in [-0.25, -0.2) is 4.39 Å². The van der Waals surface area contributed by atoms with Crippen molar-refractivity contribution >= 4 is 10.8 Å². The molecule has 0 fully saturated rings. The van der Waals surface area contributed by atoms with Crippen LogP contribution in [-0.4, -0.2) is 16.1 Å². The summed E-state index contributed by atoms with van der Waals surface area (Å²) < 4.78 is 70.2. The normalized spacial score (nSPS) is 12.6. The van der Waals surface area contributed by atoms with E-state index in [0.29, 0.717) is 11.3 Å². The number of rotatable bonds is 6. The molecule has 3 aromatic carbocycles. The average molecular weight is 422 g/mol. The Balaban J connectivity index is 1.88. The van der Waals surface area contributed by atoms with Gasteiger partial charge in [-0.2, -0.15) is 13.2 Å². The Morgan fingerprint density at radius 2 is 1.69 bits per heavy atom. The van der Waals surface area contributed by atoms with Crippen LogP contribution < -0.4 is 4.74 Å². The molecule has 0 amide bonds. The van der Waals surface area contributed by atoms with Crippen LogP contribution in [-0.2, 0) is 17.4 Å². The van der Waals surface area contributed by atoms with Crippen molar-refractivity contribution in [3.8, 4) is 16.9 Å². The van der Waals surface area contributed by atoms with Crippen LogP contribution in [0.1, 0.15) is 11.1 Å². The molecule has 0 N–H and O–H groups in total. The third-order valence-electron chi connectivity index (χ3n) is 4.19. The third kappa shape index (κ3) is 5.67. The lowest BCUT2D eigenvalue weighted by atomic mass is 10.0. The molecule has 0 aliphatic heterocycles. The van der Waals surface area contributed by atoms with Gasteiger partial charge in [0.15, 0.2) is 0 Å². The van der Waals surface area contributed by atoms with Gasteiger partial charge in [-0.3, -0.25) is 4.21 Å². The van der Waals surface area contributed by atoms with Crippen molar-refractivity contribution < 1.29 is 26.5 Å². The van der Waals surface area contributed by atoms with Gasteiger partial charge >= 0.3 is 6.18 Å². The standard InChI is InChI=1S/C22H18F4O2S/c1-15-10-20(23)19(12-21(15)29(27)14-22(24,25)26)17-7-5-6-16(11-17)13-28-18-8-3-2-4-9-18/h2-12H,13-14H2,1H3. The fourth-order valence-electron chi connectivity index (χ4n) is 2.86. The molecular formula is C22H18F4O2S. The molecule has 0 aliphatic rings. The highest BCUT2D eigenvalue weighted by Crippen LogP contribution is 2.30. The van der Waals surface area contributed by atoms with Crippen molar-refractivity contribution in [1.29, 1.82) is 0 Å². The Morgan fingerprint density at radius 1 is 0.966 bits per heavy atom. The molecule has 0 saturated carbocycles. The zero-order chi connectivity index (χ0) is 21.0. The number of hydrogen-bond donors (Lipinski definition) is 0. The first-order valence-electron chi connectivity index (χ1n) is 8.75. The summed E-state index contributed by atoms with van der Waals surface area (Å²) in [7, 11) is -2.31. The van der Waals surface area contributed by atoms with Gasteiger partial charge in [-0.05, 0) is 53.9 Å². The summed E-state index contributed by atoms with van der Waals surface area (Å²) >= 11 is 0. The van der Waals surface area contributed by atoms with E-state index in [1.807, 2.05) is 30.3 Å². The van der Waals surface area contributed by atoms with Crippen LogP contribution >= 0.6 is 0 Å². The summed E-state index contributed by atoms with van der Waals surface area (Å²) in [6.45, 7) is 1.69. The molecule has 0 saturated heterocycles. The summed E-state index contributed by atoms with van der Waals surface area (Å²) in [5.41, 5.74) is 1.56. The lowest BCUT2D eigenvalue weighted by Crippen LogP contribution is -2.19. The predicted molar refractivity (Wildman–Crippen MR) is 105 cm³/mol. The van der Waals surface area contributed by atoms with E-state index in [0.717, 1.165) is 11.6 Å². The Hall–Kier alpha value is -2.67. The van der Waals surface area contributed by atoms with Crippen LogP contribution in [0.2, 0.25) is 0 Å². The predicted octanol–water partition coefficient (Wildman–Crippen LogP) is 6.05. The first-order chi connectivity index (χ1) is 13.7. The van der Waals surface area contributed by atoms with Crippen molar-refractivity contribution in [2.75, 3.05) is 5.75 Å². The number of para-hydroxylation sites is 1. The van der Waals surface area contributed by atoms with Gasteiger partial charge in [-0.15, -0.1) is 0 Å². The zero-order valence-corrected chi connectivity index (χ0v) is 16.3. The van der Waals surface area contributed by atoms with Crippen molar-refractivity contribution in [3.05, 3.63) is 83.7 Å². The number of halogens is 4. The molecule has 7 heteroatoms. The van der Waals surface area contributed by atoms with Crippen LogP contribution in [0, 0.1) is 12.7 Å². The van der Waals surface area contributed by atoms with E-state index >= 15 is 0 Å². The number of hydrogen-bond acceptors (Lipinski definition) is 2. The van der Waals surface area contributed by atoms with Crippen LogP contribution in [0.25, 0.3) is 11.1 Å². The maximum Gasteiger partial charge on any atom is 0.400 e. The van der Waals surface area contributed by atoms with Gasteiger partial charge in [0, 0.05) is 10.5 Å². The van der Waals surface area contributed by atoms with E-state index in [2.05, 4.69) is 0 Å². The molecule has 1 atom stereocenters. The Labute approximate surface area is 168 Å². The summed E-state index contributed by atoms with van der Waals surface area (Å²) in [4.78, 5) is -0.0235. The molecule has 2 nitrogen and oxygen atoms in total. The largest absolute Gasteiger partial charge is 0.489 e. The summed E-state index contributed by atoms with van der Waals surface area (Å²) in [6.07, 6.45) is -4.57. The molecule has 1 unspecified atom stereocenters. The molecule has 0 spiro atoms. The van der Waals surface area contributed by atoms with E-state index in [1.165, 1.54) is 13.0 Å². The van der Waals surface area contributed by atoms with Crippen molar-refractivity contribution in [2.45, 2.75) is 24.6 Å². The Kier molecular flexibility index (Phi) is 6.37. The molecular weight excluding hydrogens is 404 g/mol. The highest BCUT2D eigenvalue weighted by molar-refractivity contribution is 7.85. The van der Waals surface area contributed by atoms with E-state index in [4.69, 9.17) is 4.74 Å². The van der Waals surface area contributed by atoms with Crippen LogP contribution in [0.5, 0.6) is 5.75 Å². The van der Waals surface area contributed by atoms with Gasteiger partial charge in [0.1, 0.15) is 23.9 Å². The second kappa shape index (κ2) is 8.78. The minimum atomic E-state index is -4.57. The monoisotopic (exact) mass is 422 g/mol. The van der Waals surface area contributed by atoms with Crippen molar-refractivity contribution in [3.63, 3.8) is 0 Å². The SMILES string of the molecule is Cc1cc(F)c(-c2cccc(COc3ccccc3)c2)cc1S(=O)CC(F)(F)F. The second-order valence-corrected chi connectivity index (χ2v) is 7.92. The summed E-state index contributed by atoms with van der Waals surface area (Å²) in [5, 5.41) is 0. The number of alkyl halides is 3. The molecule has 0 aliphatic carbocycles. The average Bonchev–Trinajstić information content (AvgIpc) is 2.66. The Bertz CT molecular complexity index is 1020. The first-order valence-corrected chi connectivity index (χ1v) is 10.1. The van der Waals surface area contributed by atoms with Crippen molar-refractivity contribution in [1.82, 2.24) is 0 Å². The smallest absolute Gasteiger partial charge is 0.400 e. The molecule has 3 aromatic rings. The summed E-state index contributed by atoms with van der Waals surface area (Å²) in [6, 6.07) is 18.4. The minimum Gasteiger partial charge on any atom is -0.489 e. The van der Waals surface area contributed by atoms with Gasteiger partial charge in [0.05, 0.1) is 10.8 Å². The maximum atomic E-state index is 14.5. The highest BCUT2D eigenvalue weighted by Gasteiger charge is 2.31. The molecule has 152 valence electrons. The van der Waals surface area contributed by atoms with E-state index in [1.54, 1.807) is 24.3 Å². The number of ether oxygens (including phenoxy) is 1. The second-order valence-electron chi connectivity index (χ2n) is 6.50. The van der Waals surface area contributed by atoms with Crippen molar-refractivity contribution in [2.24, 2.45) is 0 Å². The quantitative estimate of drug-likeness (QED) is 0.452. The highest BCUT2D eigenvalue weighted by atomic mass is 32.2. The topological polar surface area (TPSA) is 26.3 Å². The fraction of sp³-hybridized carbons (Fsp3) is 0.182. The Morgan fingerprint density at radius 3 is 2.38 bits per heavy atom. The first kappa shape index (κ1) is 21.0. The molecule has 0 bridgehead atoms. The number of benzene rings is 3. The molecule has 3 rings (SSSR count). The summed E-state index contributed by atoms with van der Waals surface area (Å²) in [5.74, 6) is -1.37. The van der Waals surface area contributed by atoms with E-state index in [9.17, 15) is 21.8 Å². The van der Waals surface area contributed by atoms with Gasteiger partial charge in [-0.1, -0.05) is 36.4 Å². The lowest BCUT2D eigenvalue weighted by molar-refractivity contribution is -0.105. The molecule has 0 aromatic heterocycles. The van der Waals surface area contributed by atoms with Gasteiger partial charge < -0.3 is 4.74 Å². The zero-order valence-electron chi connectivity index (χ0n) is 15.5. The third-order valence-corrected chi connectivity index (χ3v) is 5.71. The molecule has 0 radical (unpaired) electrons.